The van der Waals surface area contributed by atoms with E-state index in [1.54, 1.807) is 0 Å². The molecule has 6 N–H and O–H groups in total. The third-order valence-electron chi connectivity index (χ3n) is 4.47. The van der Waals surface area contributed by atoms with Crippen LogP contribution in [-0.2, 0) is 4.74 Å². The number of ketones is 1. The second-order valence-electron chi connectivity index (χ2n) is 6.51. The van der Waals surface area contributed by atoms with E-state index in [-0.39, 0.29) is 22.6 Å². The molecule has 0 radical (unpaired) electrons. The molecule has 0 amide bonds. The Hall–Kier alpha value is -2.85. The molecule has 5 atom stereocenters. The molecule has 1 aliphatic heterocycles. The van der Waals surface area contributed by atoms with Crippen LogP contribution in [0.1, 0.15) is 22.8 Å². The van der Waals surface area contributed by atoms with Gasteiger partial charge in [0.25, 0.3) is 0 Å². The third-order valence-corrected chi connectivity index (χ3v) is 4.47. The molecule has 2 aromatic carbocycles. The number of aliphatic hydroxyl groups excluding tert-OH is 3. The molecule has 2 aromatic rings. The lowest BCUT2D eigenvalue weighted by Crippen LogP contribution is -2.58. The van der Waals surface area contributed by atoms with Gasteiger partial charge in [-0.3, -0.25) is 4.79 Å². The molecule has 0 aromatic heterocycles. The van der Waals surface area contributed by atoms with Crippen LogP contribution in [0, 0.1) is 0 Å². The van der Waals surface area contributed by atoms with Crippen LogP contribution in [0.4, 0.5) is 0 Å². The highest BCUT2D eigenvalue weighted by atomic mass is 16.7. The number of carbonyl (C=O) groups is 1. The lowest BCUT2D eigenvalue weighted by atomic mass is 9.99. The van der Waals surface area contributed by atoms with Gasteiger partial charge in [0.05, 0.1) is 6.10 Å². The Labute approximate surface area is 159 Å². The van der Waals surface area contributed by atoms with Crippen molar-refractivity contribution in [2.45, 2.75) is 37.6 Å². The molecule has 3 rings (SSSR count). The molecule has 0 bridgehead atoms. The average Bonchev–Trinajstić information content (AvgIpc) is 2.64. The number of aliphatic hydroxyl groups is 3. The lowest BCUT2D eigenvalue weighted by molar-refractivity contribution is -0.268. The van der Waals surface area contributed by atoms with E-state index < -0.39 is 48.0 Å². The largest absolute Gasteiger partial charge is 0.508 e. The van der Waals surface area contributed by atoms with Gasteiger partial charge in [-0.1, -0.05) is 0 Å². The molecule has 0 spiro atoms. The van der Waals surface area contributed by atoms with Crippen LogP contribution in [0.3, 0.4) is 0 Å². The van der Waals surface area contributed by atoms with E-state index in [0.717, 1.165) is 12.1 Å². The first-order valence-electron chi connectivity index (χ1n) is 8.45. The predicted octanol–water partition coefficient (Wildman–Crippen LogP) is 0.241. The normalized spacial score (nSPS) is 27.4. The zero-order valence-corrected chi connectivity index (χ0v) is 14.8. The van der Waals surface area contributed by atoms with Crippen LogP contribution >= 0.6 is 0 Å². The summed E-state index contributed by atoms with van der Waals surface area (Å²) in [6.45, 7) is 1.46. The Balaban J connectivity index is 1.97. The zero-order chi connectivity index (χ0) is 20.6. The third kappa shape index (κ3) is 3.73. The number of phenolic OH excluding ortho intramolecular Hbond substituents is 3. The number of rotatable bonds is 4. The summed E-state index contributed by atoms with van der Waals surface area (Å²) >= 11 is 0. The average molecular weight is 392 g/mol. The van der Waals surface area contributed by atoms with E-state index in [0.29, 0.717) is 0 Å². The van der Waals surface area contributed by atoms with Crippen LogP contribution in [-0.4, -0.2) is 67.1 Å². The number of benzene rings is 2. The summed E-state index contributed by atoms with van der Waals surface area (Å²) in [6.07, 6.45) is -6.90. The van der Waals surface area contributed by atoms with E-state index in [2.05, 4.69) is 0 Å². The van der Waals surface area contributed by atoms with Crippen molar-refractivity contribution in [2.24, 2.45) is 0 Å². The van der Waals surface area contributed by atoms with Crippen molar-refractivity contribution in [3.63, 3.8) is 0 Å². The van der Waals surface area contributed by atoms with E-state index >= 15 is 0 Å². The minimum atomic E-state index is -1.65. The Kier molecular flexibility index (Phi) is 5.43. The molecule has 28 heavy (non-hydrogen) atoms. The first-order chi connectivity index (χ1) is 13.2. The monoisotopic (exact) mass is 392 g/mol. The molecule has 1 heterocycles. The predicted molar refractivity (Wildman–Crippen MR) is 94.3 cm³/mol. The fourth-order valence-corrected chi connectivity index (χ4v) is 2.90. The summed E-state index contributed by atoms with van der Waals surface area (Å²) in [4.78, 5) is 12.8. The topological polar surface area (TPSA) is 157 Å². The number of phenols is 3. The summed E-state index contributed by atoms with van der Waals surface area (Å²) in [5, 5.41) is 59.1. The van der Waals surface area contributed by atoms with Gasteiger partial charge in [-0.15, -0.1) is 0 Å². The van der Waals surface area contributed by atoms with Crippen LogP contribution < -0.4 is 4.74 Å². The smallest absolute Gasteiger partial charge is 0.229 e. The van der Waals surface area contributed by atoms with Crippen molar-refractivity contribution in [1.82, 2.24) is 0 Å². The number of hydrogen-bond donors (Lipinski definition) is 6. The maximum atomic E-state index is 12.8. The molecule has 9 nitrogen and oxygen atoms in total. The van der Waals surface area contributed by atoms with Crippen LogP contribution in [0.2, 0.25) is 0 Å². The van der Waals surface area contributed by atoms with Crippen LogP contribution in [0.5, 0.6) is 23.0 Å². The van der Waals surface area contributed by atoms with Gasteiger partial charge >= 0.3 is 0 Å². The van der Waals surface area contributed by atoms with Gasteiger partial charge < -0.3 is 40.1 Å². The molecular weight excluding hydrogens is 372 g/mol. The van der Waals surface area contributed by atoms with Gasteiger partial charge in [0, 0.05) is 17.7 Å². The van der Waals surface area contributed by atoms with Crippen molar-refractivity contribution in [1.29, 1.82) is 0 Å². The number of carbonyl (C=O) groups excluding carboxylic acids is 1. The van der Waals surface area contributed by atoms with Crippen molar-refractivity contribution in [2.75, 3.05) is 0 Å². The highest BCUT2D eigenvalue weighted by molar-refractivity contribution is 6.12. The second kappa shape index (κ2) is 7.64. The van der Waals surface area contributed by atoms with Gasteiger partial charge in [0.1, 0.15) is 46.9 Å². The molecule has 0 aliphatic carbocycles. The summed E-state index contributed by atoms with van der Waals surface area (Å²) in [7, 11) is 0. The highest BCUT2D eigenvalue weighted by Crippen LogP contribution is 2.36. The van der Waals surface area contributed by atoms with Crippen LogP contribution in [0.25, 0.3) is 0 Å². The first-order valence-corrected chi connectivity index (χ1v) is 8.45. The fourth-order valence-electron chi connectivity index (χ4n) is 2.90. The Morgan fingerprint density at radius 3 is 2.21 bits per heavy atom. The summed E-state index contributed by atoms with van der Waals surface area (Å²) < 4.78 is 10.8. The Bertz CT molecular complexity index is 864. The van der Waals surface area contributed by atoms with Crippen molar-refractivity contribution in [3.8, 4) is 23.0 Å². The Morgan fingerprint density at radius 1 is 0.929 bits per heavy atom. The SMILES string of the molecule is CC1O[C@@H](Oc2cc(O)cc(O)c2C(=O)c2ccc(O)cc2)C(O)C(O)[C@H]1O. The van der Waals surface area contributed by atoms with E-state index in [9.17, 15) is 35.4 Å². The fraction of sp³-hybridized carbons (Fsp3) is 0.316. The number of aromatic hydroxyl groups is 3. The van der Waals surface area contributed by atoms with Gasteiger partial charge in [-0.2, -0.15) is 0 Å². The van der Waals surface area contributed by atoms with E-state index in [4.69, 9.17) is 9.47 Å². The number of ether oxygens (including phenoxy) is 2. The van der Waals surface area contributed by atoms with Crippen molar-refractivity contribution < 1.29 is 44.9 Å². The number of hydrogen-bond acceptors (Lipinski definition) is 9. The highest BCUT2D eigenvalue weighted by Gasteiger charge is 2.43. The molecule has 1 fully saturated rings. The molecule has 3 unspecified atom stereocenters. The van der Waals surface area contributed by atoms with Gasteiger partial charge in [-0.25, -0.2) is 0 Å². The second-order valence-corrected chi connectivity index (χ2v) is 6.51. The standard InChI is InChI=1S/C19H20O9/c1-8-15(23)17(25)18(26)19(27-8)28-13-7-11(21)6-12(22)14(13)16(24)9-2-4-10(20)5-3-9/h2-8,15,17-23,25-26H,1H3/t8?,15-,17?,18?,19-/m0/s1. The minimum Gasteiger partial charge on any atom is -0.508 e. The van der Waals surface area contributed by atoms with Crippen LogP contribution in [0.15, 0.2) is 36.4 Å². The first kappa shape index (κ1) is 19.9. The molecule has 9 heteroatoms. The van der Waals surface area contributed by atoms with Gasteiger partial charge in [0.2, 0.25) is 12.1 Å². The van der Waals surface area contributed by atoms with Gasteiger partial charge in [0.15, 0.2) is 0 Å². The quantitative estimate of drug-likeness (QED) is 0.401. The summed E-state index contributed by atoms with van der Waals surface area (Å²) in [5.74, 6) is -2.01. The molecule has 0 saturated carbocycles. The molecular formula is C19H20O9. The maximum Gasteiger partial charge on any atom is 0.229 e. The summed E-state index contributed by atoms with van der Waals surface area (Å²) in [6, 6.07) is 7.24. The molecule has 150 valence electrons. The van der Waals surface area contributed by atoms with Gasteiger partial charge in [-0.05, 0) is 31.2 Å². The molecule has 1 aliphatic rings. The summed E-state index contributed by atoms with van der Waals surface area (Å²) in [5.41, 5.74) is -0.190. The van der Waals surface area contributed by atoms with Crippen molar-refractivity contribution >= 4 is 5.78 Å². The van der Waals surface area contributed by atoms with E-state index in [1.807, 2.05) is 0 Å². The molecule has 1 saturated heterocycles. The Morgan fingerprint density at radius 2 is 1.57 bits per heavy atom. The zero-order valence-electron chi connectivity index (χ0n) is 14.8. The van der Waals surface area contributed by atoms with E-state index in [1.165, 1.54) is 31.2 Å². The lowest BCUT2D eigenvalue weighted by Gasteiger charge is -2.39. The minimum absolute atomic E-state index is 0.0526. The van der Waals surface area contributed by atoms with Crippen molar-refractivity contribution in [3.05, 3.63) is 47.5 Å². The maximum absolute atomic E-state index is 12.8.